The number of nitrogens with one attached hydrogen (secondary N) is 1. The van der Waals surface area contributed by atoms with Gasteiger partial charge < -0.3 is 5.32 Å². The highest BCUT2D eigenvalue weighted by Gasteiger charge is 2.13. The molecule has 104 valence electrons. The topological polar surface area (TPSA) is 24.9 Å². The van der Waals surface area contributed by atoms with Crippen molar-refractivity contribution in [1.29, 1.82) is 0 Å². The summed E-state index contributed by atoms with van der Waals surface area (Å²) < 4.78 is 0. The smallest absolute Gasteiger partial charge is 0.0708 e. The van der Waals surface area contributed by atoms with Crippen molar-refractivity contribution in [3.8, 4) is 0 Å². The van der Waals surface area contributed by atoms with Crippen LogP contribution in [-0.2, 0) is 0 Å². The SMILES string of the molecule is C1=CNC2C=c3cc4cc5ncccc5cc4cc3=CC2=C1. The van der Waals surface area contributed by atoms with Crippen LogP contribution in [-0.4, -0.2) is 11.0 Å². The summed E-state index contributed by atoms with van der Waals surface area (Å²) >= 11 is 0. The number of aromatic nitrogens is 1. The minimum Gasteiger partial charge on any atom is -0.381 e. The number of fused-ring (bicyclic) bond motifs is 4. The number of hydrogen-bond donors (Lipinski definition) is 1. The molecule has 0 saturated heterocycles. The fraction of sp³-hybridized carbons (Fsp3) is 0.0500. The van der Waals surface area contributed by atoms with E-state index in [-0.39, 0.29) is 6.04 Å². The maximum absolute atomic E-state index is 4.46. The van der Waals surface area contributed by atoms with E-state index in [0.717, 1.165) is 5.52 Å². The molecule has 2 heteroatoms. The molecular weight excluding hydrogens is 268 g/mol. The number of nitrogens with zero attached hydrogens (tertiary/aromatic N) is 1. The first-order chi connectivity index (χ1) is 10.9. The second-order valence-electron chi connectivity index (χ2n) is 5.86. The lowest BCUT2D eigenvalue weighted by Crippen LogP contribution is -2.37. The van der Waals surface area contributed by atoms with Gasteiger partial charge in [0.15, 0.2) is 0 Å². The van der Waals surface area contributed by atoms with Gasteiger partial charge in [-0.1, -0.05) is 18.2 Å². The molecule has 0 spiro atoms. The monoisotopic (exact) mass is 282 g/mol. The zero-order valence-electron chi connectivity index (χ0n) is 12.0. The molecule has 1 aromatic heterocycles. The van der Waals surface area contributed by atoms with Crippen LogP contribution in [0, 0.1) is 0 Å². The number of hydrogen-bond acceptors (Lipinski definition) is 2. The fourth-order valence-electron chi connectivity index (χ4n) is 3.33. The van der Waals surface area contributed by atoms with Crippen LogP contribution in [0.15, 0.2) is 66.5 Å². The van der Waals surface area contributed by atoms with E-state index in [1.807, 2.05) is 18.5 Å². The Hall–Kier alpha value is -2.87. The molecule has 2 heterocycles. The number of dihydropyridines is 1. The van der Waals surface area contributed by atoms with Gasteiger partial charge in [-0.05, 0) is 75.5 Å². The molecule has 0 radical (unpaired) electrons. The normalized spacial score (nSPS) is 18.7. The molecule has 1 aliphatic carbocycles. The van der Waals surface area contributed by atoms with E-state index in [1.54, 1.807) is 0 Å². The van der Waals surface area contributed by atoms with Crippen LogP contribution in [0.25, 0.3) is 33.8 Å². The van der Waals surface area contributed by atoms with Crippen molar-refractivity contribution in [2.75, 3.05) is 0 Å². The molecule has 2 aromatic carbocycles. The Kier molecular flexibility index (Phi) is 2.30. The minimum absolute atomic E-state index is 0.286. The van der Waals surface area contributed by atoms with E-state index >= 15 is 0 Å². The van der Waals surface area contributed by atoms with Gasteiger partial charge >= 0.3 is 0 Å². The van der Waals surface area contributed by atoms with Gasteiger partial charge in [0.1, 0.15) is 0 Å². The summed E-state index contributed by atoms with van der Waals surface area (Å²) in [7, 11) is 0. The number of rotatable bonds is 0. The largest absolute Gasteiger partial charge is 0.381 e. The summed E-state index contributed by atoms with van der Waals surface area (Å²) in [5.41, 5.74) is 2.37. The summed E-state index contributed by atoms with van der Waals surface area (Å²) in [5, 5.41) is 9.66. The van der Waals surface area contributed by atoms with Gasteiger partial charge in [-0.25, -0.2) is 0 Å². The standard InChI is InChI=1S/C20H14N2/c1-3-13-7-15-9-16-8-14-4-2-6-22-20(14)12-18(16)10-17(15)11-19(13)21-5-1/h1-12,19,21H. The van der Waals surface area contributed by atoms with Crippen molar-refractivity contribution in [2.45, 2.75) is 6.04 Å². The number of benzene rings is 2. The molecule has 1 atom stereocenters. The van der Waals surface area contributed by atoms with Gasteiger partial charge in [0.25, 0.3) is 0 Å². The molecule has 0 fully saturated rings. The molecule has 2 aliphatic rings. The van der Waals surface area contributed by atoms with Crippen molar-refractivity contribution >= 4 is 33.8 Å². The summed E-state index contributed by atoms with van der Waals surface area (Å²) in [6.45, 7) is 0. The molecule has 5 rings (SSSR count). The highest BCUT2D eigenvalue weighted by molar-refractivity contribution is 5.96. The molecular formula is C20H14N2. The maximum Gasteiger partial charge on any atom is 0.0708 e. The van der Waals surface area contributed by atoms with Crippen LogP contribution in [0.2, 0.25) is 0 Å². The van der Waals surface area contributed by atoms with E-state index in [9.17, 15) is 0 Å². The third-order valence-corrected chi connectivity index (χ3v) is 4.45. The zero-order valence-corrected chi connectivity index (χ0v) is 12.0. The van der Waals surface area contributed by atoms with E-state index in [2.05, 4.69) is 64.9 Å². The van der Waals surface area contributed by atoms with Gasteiger partial charge in [0.2, 0.25) is 0 Å². The molecule has 1 unspecified atom stereocenters. The predicted octanol–water partition coefficient (Wildman–Crippen LogP) is 2.37. The van der Waals surface area contributed by atoms with Crippen LogP contribution in [0.3, 0.4) is 0 Å². The van der Waals surface area contributed by atoms with E-state index in [4.69, 9.17) is 0 Å². The Morgan fingerprint density at radius 3 is 2.86 bits per heavy atom. The number of allylic oxidation sites excluding steroid dienone is 2. The lowest BCUT2D eigenvalue weighted by Gasteiger charge is -2.21. The average Bonchev–Trinajstić information content (AvgIpc) is 2.56. The third-order valence-electron chi connectivity index (χ3n) is 4.45. The number of pyridine rings is 1. The Labute approximate surface area is 127 Å². The second kappa shape index (κ2) is 4.31. The maximum atomic E-state index is 4.46. The van der Waals surface area contributed by atoms with Crippen LogP contribution < -0.4 is 15.8 Å². The fourth-order valence-corrected chi connectivity index (χ4v) is 3.33. The molecule has 0 saturated carbocycles. The highest BCUT2D eigenvalue weighted by Crippen LogP contribution is 2.20. The lowest BCUT2D eigenvalue weighted by molar-refractivity contribution is 0.834. The summed E-state index contributed by atoms with van der Waals surface area (Å²) in [6, 6.07) is 13.3. The Morgan fingerprint density at radius 1 is 0.955 bits per heavy atom. The molecule has 22 heavy (non-hydrogen) atoms. The summed E-state index contributed by atoms with van der Waals surface area (Å²) in [5.74, 6) is 0. The predicted molar refractivity (Wildman–Crippen MR) is 91.6 cm³/mol. The molecule has 0 bridgehead atoms. The first-order valence-corrected chi connectivity index (χ1v) is 7.52. The average molecular weight is 282 g/mol. The molecule has 3 aromatic rings. The van der Waals surface area contributed by atoms with Crippen LogP contribution >= 0.6 is 0 Å². The minimum atomic E-state index is 0.286. The zero-order chi connectivity index (χ0) is 14.5. The van der Waals surface area contributed by atoms with Gasteiger partial charge in [-0.2, -0.15) is 0 Å². The van der Waals surface area contributed by atoms with Gasteiger partial charge in [0, 0.05) is 11.6 Å². The van der Waals surface area contributed by atoms with Crippen molar-refractivity contribution in [1.82, 2.24) is 10.3 Å². The van der Waals surface area contributed by atoms with Crippen molar-refractivity contribution in [2.24, 2.45) is 0 Å². The van der Waals surface area contributed by atoms with Crippen LogP contribution in [0.5, 0.6) is 0 Å². The molecule has 1 aliphatic heterocycles. The first-order valence-electron chi connectivity index (χ1n) is 7.52. The quantitative estimate of drug-likeness (QED) is 0.640. The molecule has 0 amide bonds. The summed E-state index contributed by atoms with van der Waals surface area (Å²) in [6.07, 6.45) is 12.7. The highest BCUT2D eigenvalue weighted by atomic mass is 14.9. The van der Waals surface area contributed by atoms with Gasteiger partial charge in [-0.3, -0.25) is 4.98 Å². The van der Waals surface area contributed by atoms with Crippen molar-refractivity contribution < 1.29 is 0 Å². The Morgan fingerprint density at radius 2 is 1.86 bits per heavy atom. The lowest BCUT2D eigenvalue weighted by atomic mass is 9.94. The van der Waals surface area contributed by atoms with Crippen LogP contribution in [0.4, 0.5) is 0 Å². The Bertz CT molecular complexity index is 1100. The van der Waals surface area contributed by atoms with Crippen molar-refractivity contribution in [3.05, 3.63) is 77.0 Å². The van der Waals surface area contributed by atoms with Crippen LogP contribution in [0.1, 0.15) is 0 Å². The van der Waals surface area contributed by atoms with Crippen molar-refractivity contribution in [3.63, 3.8) is 0 Å². The van der Waals surface area contributed by atoms with E-state index < -0.39 is 0 Å². The molecule has 2 nitrogen and oxygen atoms in total. The van der Waals surface area contributed by atoms with E-state index in [1.165, 1.54) is 32.2 Å². The Balaban J connectivity index is 1.86. The second-order valence-corrected chi connectivity index (χ2v) is 5.86. The van der Waals surface area contributed by atoms with Gasteiger partial charge in [-0.15, -0.1) is 0 Å². The third kappa shape index (κ3) is 1.70. The first kappa shape index (κ1) is 11.8. The van der Waals surface area contributed by atoms with Gasteiger partial charge in [0.05, 0.1) is 11.6 Å². The van der Waals surface area contributed by atoms with E-state index in [0.29, 0.717) is 0 Å². The summed E-state index contributed by atoms with van der Waals surface area (Å²) in [4.78, 5) is 4.46. The molecule has 1 N–H and O–H groups in total.